The number of hydrogen-bond acceptors (Lipinski definition) is 6. The summed E-state index contributed by atoms with van der Waals surface area (Å²) in [6.45, 7) is 0.899. The van der Waals surface area contributed by atoms with E-state index in [9.17, 15) is 14.9 Å². The molecule has 0 saturated carbocycles. The van der Waals surface area contributed by atoms with Gasteiger partial charge in [0.25, 0.3) is 0 Å². The van der Waals surface area contributed by atoms with Gasteiger partial charge in [0.05, 0.1) is 12.0 Å². The molecule has 21 heavy (non-hydrogen) atoms. The minimum atomic E-state index is -0.534. The molecule has 1 aliphatic heterocycles. The molecule has 1 aromatic carbocycles. The van der Waals surface area contributed by atoms with Gasteiger partial charge in [-0.05, 0) is 12.1 Å². The Morgan fingerprint density at radius 1 is 1.62 bits per heavy atom. The van der Waals surface area contributed by atoms with Crippen molar-refractivity contribution in [2.24, 2.45) is 0 Å². The summed E-state index contributed by atoms with van der Waals surface area (Å²) >= 11 is 1.81. The number of nitro groups is 1. The maximum absolute atomic E-state index is 12.0. The van der Waals surface area contributed by atoms with Crippen molar-refractivity contribution < 1.29 is 14.5 Å². The maximum Gasteiger partial charge on any atom is 0.312 e. The second-order valence-electron chi connectivity index (χ2n) is 4.62. The van der Waals surface area contributed by atoms with Gasteiger partial charge in [0, 0.05) is 42.3 Å². The first-order valence-electron chi connectivity index (χ1n) is 6.53. The third kappa shape index (κ3) is 4.33. The Labute approximate surface area is 126 Å². The van der Waals surface area contributed by atoms with Crippen LogP contribution in [0.3, 0.4) is 0 Å². The van der Waals surface area contributed by atoms with Crippen LogP contribution in [0.15, 0.2) is 18.2 Å². The molecular weight excluding hydrogens is 294 g/mol. The number of anilines is 1. The maximum atomic E-state index is 12.0. The van der Waals surface area contributed by atoms with Crippen LogP contribution in [0.5, 0.6) is 5.75 Å². The number of nitrogens with zero attached hydrogens (tertiary/aromatic N) is 1. The zero-order valence-electron chi connectivity index (χ0n) is 11.6. The van der Waals surface area contributed by atoms with Gasteiger partial charge in [-0.1, -0.05) is 0 Å². The molecule has 0 radical (unpaired) electrons. The molecule has 0 aliphatic carbocycles. The summed E-state index contributed by atoms with van der Waals surface area (Å²) in [5, 5.41) is 16.9. The number of carbonyl (C=O) groups is 1. The lowest BCUT2D eigenvalue weighted by atomic mass is 10.2. The molecule has 1 saturated heterocycles. The fourth-order valence-electron chi connectivity index (χ4n) is 2.10. The first kappa shape index (κ1) is 15.6. The number of nitro benzene ring substituents is 1. The quantitative estimate of drug-likeness (QED) is 0.634. The van der Waals surface area contributed by atoms with Crippen LogP contribution in [-0.4, -0.2) is 42.0 Å². The summed E-state index contributed by atoms with van der Waals surface area (Å²) < 4.78 is 4.92. The van der Waals surface area contributed by atoms with Crippen molar-refractivity contribution in [3.63, 3.8) is 0 Å². The minimum Gasteiger partial charge on any atom is -0.490 e. The number of hydrogen-bond donors (Lipinski definition) is 2. The number of methoxy groups -OCH3 is 1. The third-order valence-electron chi connectivity index (χ3n) is 3.09. The van der Waals surface area contributed by atoms with E-state index in [1.54, 1.807) is 6.07 Å². The van der Waals surface area contributed by atoms with Gasteiger partial charge in [-0.15, -0.1) is 0 Å². The third-order valence-corrected chi connectivity index (χ3v) is 4.22. The molecule has 0 aromatic heterocycles. The highest BCUT2D eigenvalue weighted by atomic mass is 32.2. The van der Waals surface area contributed by atoms with Crippen LogP contribution < -0.4 is 15.4 Å². The van der Waals surface area contributed by atoms with Crippen molar-refractivity contribution in [1.29, 1.82) is 0 Å². The number of thioether (sulfide) groups is 1. The first-order valence-corrected chi connectivity index (χ1v) is 7.69. The molecule has 0 spiro atoms. The van der Waals surface area contributed by atoms with Crippen molar-refractivity contribution in [2.45, 2.75) is 12.5 Å². The topological polar surface area (TPSA) is 93.5 Å². The Morgan fingerprint density at radius 2 is 2.43 bits per heavy atom. The van der Waals surface area contributed by atoms with Crippen molar-refractivity contribution in [3.8, 4) is 5.75 Å². The van der Waals surface area contributed by atoms with Gasteiger partial charge in [-0.3, -0.25) is 14.9 Å². The fraction of sp³-hybridized carbons (Fsp3) is 0.462. The van der Waals surface area contributed by atoms with E-state index < -0.39 is 4.92 Å². The predicted octanol–water partition coefficient (Wildman–Crippen LogP) is 1.64. The van der Waals surface area contributed by atoms with E-state index in [1.165, 1.54) is 19.2 Å². The van der Waals surface area contributed by atoms with Gasteiger partial charge in [0.15, 0.2) is 5.75 Å². The second kappa shape index (κ2) is 7.28. The molecule has 1 aliphatic rings. The zero-order chi connectivity index (χ0) is 15.2. The van der Waals surface area contributed by atoms with Gasteiger partial charge in [-0.2, -0.15) is 11.8 Å². The van der Waals surface area contributed by atoms with Crippen molar-refractivity contribution in [3.05, 3.63) is 28.3 Å². The summed E-state index contributed by atoms with van der Waals surface area (Å²) in [7, 11) is 1.37. The van der Waals surface area contributed by atoms with E-state index in [-0.39, 0.29) is 23.4 Å². The van der Waals surface area contributed by atoms with E-state index in [1.807, 2.05) is 11.8 Å². The molecule has 1 heterocycles. The Kier molecular flexibility index (Phi) is 5.40. The van der Waals surface area contributed by atoms with Crippen molar-refractivity contribution in [2.75, 3.05) is 30.5 Å². The summed E-state index contributed by atoms with van der Waals surface area (Å²) in [6, 6.07) is 4.52. The van der Waals surface area contributed by atoms with E-state index in [0.717, 1.165) is 18.1 Å². The van der Waals surface area contributed by atoms with E-state index >= 15 is 0 Å². The number of carbonyl (C=O) groups excluding carboxylic acids is 1. The minimum absolute atomic E-state index is 0.150. The van der Waals surface area contributed by atoms with Crippen LogP contribution in [0.2, 0.25) is 0 Å². The van der Waals surface area contributed by atoms with Gasteiger partial charge in [0.2, 0.25) is 5.91 Å². The monoisotopic (exact) mass is 311 g/mol. The molecule has 1 amide bonds. The summed E-state index contributed by atoms with van der Waals surface area (Å²) in [6.07, 6.45) is 0.354. The van der Waals surface area contributed by atoms with Gasteiger partial charge in [-0.25, -0.2) is 0 Å². The van der Waals surface area contributed by atoms with Gasteiger partial charge in [0.1, 0.15) is 0 Å². The highest BCUT2D eigenvalue weighted by Crippen LogP contribution is 2.29. The molecule has 1 atom stereocenters. The Balaban J connectivity index is 2.00. The Morgan fingerprint density at radius 3 is 3.05 bits per heavy atom. The molecule has 2 rings (SSSR count). The number of benzene rings is 1. The number of ether oxygens (including phenoxy) is 1. The summed E-state index contributed by atoms with van der Waals surface area (Å²) in [5.74, 6) is 1.97. The molecule has 2 N–H and O–H groups in total. The van der Waals surface area contributed by atoms with Crippen LogP contribution in [0.25, 0.3) is 0 Å². The average Bonchev–Trinajstić information content (AvgIpc) is 2.48. The smallest absolute Gasteiger partial charge is 0.312 e. The highest BCUT2D eigenvalue weighted by Gasteiger charge is 2.19. The molecule has 1 aromatic rings. The largest absolute Gasteiger partial charge is 0.490 e. The standard InChI is InChI=1S/C13H17N3O4S/c1-20-12-3-2-9(6-11(12)16(18)19)15-13(17)7-10-8-21-5-4-14-10/h2-3,6,10,14H,4-5,7-8H2,1H3,(H,15,17). The molecular formula is C13H17N3O4S. The van der Waals surface area contributed by atoms with Crippen LogP contribution in [0, 0.1) is 10.1 Å². The molecule has 1 fully saturated rings. The molecule has 7 nitrogen and oxygen atoms in total. The summed E-state index contributed by atoms with van der Waals surface area (Å²) in [5.41, 5.74) is 0.234. The number of nitrogens with one attached hydrogen (secondary N) is 2. The van der Waals surface area contributed by atoms with Crippen LogP contribution in [0.4, 0.5) is 11.4 Å². The molecule has 114 valence electrons. The van der Waals surface area contributed by atoms with E-state index in [4.69, 9.17) is 4.74 Å². The number of amides is 1. The SMILES string of the molecule is COc1ccc(NC(=O)CC2CSCCN2)cc1[N+](=O)[O-]. The Bertz CT molecular complexity index is 532. The Hall–Kier alpha value is -1.80. The molecule has 0 bridgehead atoms. The van der Waals surface area contributed by atoms with E-state index in [2.05, 4.69) is 10.6 Å². The van der Waals surface area contributed by atoms with Gasteiger partial charge < -0.3 is 15.4 Å². The van der Waals surface area contributed by atoms with Crippen molar-refractivity contribution in [1.82, 2.24) is 5.32 Å². The second-order valence-corrected chi connectivity index (χ2v) is 5.77. The van der Waals surface area contributed by atoms with Gasteiger partial charge >= 0.3 is 5.69 Å². The van der Waals surface area contributed by atoms with Crippen LogP contribution in [0.1, 0.15) is 6.42 Å². The lowest BCUT2D eigenvalue weighted by Crippen LogP contribution is -2.39. The molecule has 1 unspecified atom stereocenters. The normalized spacial score (nSPS) is 18.0. The van der Waals surface area contributed by atoms with E-state index in [0.29, 0.717) is 12.1 Å². The molecule has 8 heteroatoms. The average molecular weight is 311 g/mol. The predicted molar refractivity (Wildman–Crippen MR) is 82.0 cm³/mol. The lowest BCUT2D eigenvalue weighted by Gasteiger charge is -2.22. The number of rotatable bonds is 5. The highest BCUT2D eigenvalue weighted by molar-refractivity contribution is 7.99. The lowest BCUT2D eigenvalue weighted by molar-refractivity contribution is -0.385. The van der Waals surface area contributed by atoms with Crippen LogP contribution in [-0.2, 0) is 4.79 Å². The first-order chi connectivity index (χ1) is 10.1. The summed E-state index contributed by atoms with van der Waals surface area (Å²) in [4.78, 5) is 22.4. The zero-order valence-corrected chi connectivity index (χ0v) is 12.4. The van der Waals surface area contributed by atoms with Crippen molar-refractivity contribution >= 4 is 29.0 Å². The van der Waals surface area contributed by atoms with Crippen LogP contribution >= 0.6 is 11.8 Å². The fourth-order valence-corrected chi connectivity index (χ4v) is 3.05.